The molecule has 0 heterocycles. The fraction of sp³-hybridized carbons (Fsp3) is 1.00. The molecule has 0 atom stereocenters. The summed E-state index contributed by atoms with van der Waals surface area (Å²) in [6.45, 7) is 7.91. The molecule has 0 aliphatic rings. The number of phosphoric acid groups is 1. The van der Waals surface area contributed by atoms with Crippen molar-refractivity contribution in [1.29, 1.82) is 0 Å². The smallest absolute Gasteiger partial charge is 0.355 e. The molecule has 0 saturated heterocycles. The maximum absolute atomic E-state index is 12.9. The van der Waals surface area contributed by atoms with Gasteiger partial charge < -0.3 is 14.2 Å². The number of rotatable bonds is 30. The second kappa shape index (κ2) is 28.6. The highest BCUT2D eigenvalue weighted by molar-refractivity contribution is 7.48. The van der Waals surface area contributed by atoms with Crippen LogP contribution in [0.15, 0.2) is 0 Å². The molecule has 0 rings (SSSR count). The van der Waals surface area contributed by atoms with E-state index in [2.05, 4.69) is 20.8 Å². The van der Waals surface area contributed by atoms with E-state index < -0.39 is 7.82 Å². The minimum absolute atomic E-state index is 0.138. The Balaban J connectivity index is 4.06. The van der Waals surface area contributed by atoms with Gasteiger partial charge in [-0.2, -0.15) is 0 Å². The van der Waals surface area contributed by atoms with Crippen molar-refractivity contribution in [2.75, 3.05) is 40.2 Å². The van der Waals surface area contributed by atoms with Crippen molar-refractivity contribution in [2.45, 2.75) is 136 Å². The monoisotopic (exact) mass is 524 g/mol. The van der Waals surface area contributed by atoms with E-state index >= 15 is 0 Å². The van der Waals surface area contributed by atoms with Crippen molar-refractivity contribution in [1.82, 2.24) is 0 Å². The number of hydrogen-bond acceptors (Lipinski definition) is 7. The van der Waals surface area contributed by atoms with E-state index in [1.165, 1.54) is 77.0 Å². The van der Waals surface area contributed by atoms with Crippen molar-refractivity contribution in [3.8, 4) is 0 Å². The third-order valence-electron chi connectivity index (χ3n) is 5.81. The quantitative estimate of drug-likeness (QED) is 0.0527. The van der Waals surface area contributed by atoms with Crippen LogP contribution >= 0.6 is 7.82 Å². The van der Waals surface area contributed by atoms with Crippen molar-refractivity contribution >= 4 is 7.82 Å². The Bertz CT molecular complexity index is 389. The zero-order valence-corrected chi connectivity index (χ0v) is 24.2. The van der Waals surface area contributed by atoms with E-state index in [1.807, 2.05) is 0 Å². The summed E-state index contributed by atoms with van der Waals surface area (Å²) in [5.41, 5.74) is 0. The number of ether oxygens (including phenoxy) is 3. The summed E-state index contributed by atoms with van der Waals surface area (Å²) >= 11 is 0. The van der Waals surface area contributed by atoms with Gasteiger partial charge in [0.15, 0.2) is 20.4 Å². The van der Waals surface area contributed by atoms with Gasteiger partial charge >= 0.3 is 7.82 Å². The van der Waals surface area contributed by atoms with Crippen LogP contribution in [-0.2, 0) is 32.3 Å². The maximum Gasteiger partial charge on any atom is 0.481 e. The lowest BCUT2D eigenvalue weighted by Gasteiger charge is -2.18. The molecule has 0 aromatic carbocycles. The molecule has 35 heavy (non-hydrogen) atoms. The molecule has 0 aromatic heterocycles. The molecular formula is C27H57O7P. The molecule has 0 N–H and O–H groups in total. The highest BCUT2D eigenvalue weighted by atomic mass is 31.2. The van der Waals surface area contributed by atoms with Gasteiger partial charge in [-0.05, 0) is 19.3 Å². The van der Waals surface area contributed by atoms with E-state index in [9.17, 15) is 4.57 Å². The predicted molar refractivity (Wildman–Crippen MR) is 143 cm³/mol. The van der Waals surface area contributed by atoms with E-state index in [1.54, 1.807) is 0 Å². The number of phosphoric ester groups is 1. The SMILES string of the molecule is CCCCCCCCOCOP(=O)(OCOCCCCCCCC)OCOCCCCCCCC. The summed E-state index contributed by atoms with van der Waals surface area (Å²) in [4.78, 5) is 0. The molecule has 0 fully saturated rings. The first-order valence-electron chi connectivity index (χ1n) is 14.4. The highest BCUT2D eigenvalue weighted by Gasteiger charge is 2.27. The molecule has 212 valence electrons. The van der Waals surface area contributed by atoms with Crippen LogP contribution in [0.5, 0.6) is 0 Å². The fourth-order valence-corrected chi connectivity index (χ4v) is 4.38. The van der Waals surface area contributed by atoms with Gasteiger partial charge in [-0.3, -0.25) is 13.6 Å². The van der Waals surface area contributed by atoms with Gasteiger partial charge in [0.05, 0.1) is 0 Å². The zero-order chi connectivity index (χ0) is 25.7. The Kier molecular flexibility index (Phi) is 28.6. The van der Waals surface area contributed by atoms with Crippen LogP contribution in [0, 0.1) is 0 Å². The van der Waals surface area contributed by atoms with E-state index in [0.717, 1.165) is 38.5 Å². The van der Waals surface area contributed by atoms with Gasteiger partial charge in [0, 0.05) is 19.8 Å². The first kappa shape index (κ1) is 35.0. The van der Waals surface area contributed by atoms with Gasteiger partial charge in [0.2, 0.25) is 0 Å². The molecule has 8 heteroatoms. The summed E-state index contributed by atoms with van der Waals surface area (Å²) in [5.74, 6) is 0. The Labute approximate surface area is 216 Å². The summed E-state index contributed by atoms with van der Waals surface area (Å²) in [6, 6.07) is 0. The zero-order valence-electron chi connectivity index (χ0n) is 23.3. The van der Waals surface area contributed by atoms with Gasteiger partial charge in [0.25, 0.3) is 0 Å². The molecule has 0 aliphatic carbocycles. The lowest BCUT2D eigenvalue weighted by atomic mass is 10.1. The molecule has 7 nitrogen and oxygen atoms in total. The summed E-state index contributed by atoms with van der Waals surface area (Å²) < 4.78 is 45.4. The van der Waals surface area contributed by atoms with Gasteiger partial charge in [-0.25, -0.2) is 4.57 Å². The van der Waals surface area contributed by atoms with Crippen LogP contribution < -0.4 is 0 Å². The molecule has 0 amide bonds. The Morgan fingerprint density at radius 3 is 0.943 bits per heavy atom. The molecule has 0 spiro atoms. The van der Waals surface area contributed by atoms with Gasteiger partial charge in [0.1, 0.15) is 0 Å². The van der Waals surface area contributed by atoms with Crippen LogP contribution in [0.25, 0.3) is 0 Å². The van der Waals surface area contributed by atoms with Crippen LogP contribution in [0.3, 0.4) is 0 Å². The number of unbranched alkanes of at least 4 members (excludes halogenated alkanes) is 15. The third-order valence-corrected chi connectivity index (χ3v) is 7.07. The molecule has 0 bridgehead atoms. The average Bonchev–Trinajstić information content (AvgIpc) is 2.86. The average molecular weight is 525 g/mol. The Morgan fingerprint density at radius 2 is 0.657 bits per heavy atom. The van der Waals surface area contributed by atoms with Gasteiger partial charge in [-0.15, -0.1) is 0 Å². The van der Waals surface area contributed by atoms with Crippen LogP contribution in [0.2, 0.25) is 0 Å². The van der Waals surface area contributed by atoms with Gasteiger partial charge in [-0.1, -0.05) is 117 Å². The second-order valence-corrected chi connectivity index (χ2v) is 10.9. The van der Waals surface area contributed by atoms with Crippen molar-refractivity contribution < 1.29 is 32.3 Å². The summed E-state index contributed by atoms with van der Waals surface area (Å²) in [5, 5.41) is 0. The van der Waals surface area contributed by atoms with E-state index in [-0.39, 0.29) is 20.4 Å². The van der Waals surface area contributed by atoms with Crippen molar-refractivity contribution in [3.05, 3.63) is 0 Å². The molecule has 0 aliphatic heterocycles. The summed E-state index contributed by atoms with van der Waals surface area (Å²) in [6.07, 6.45) is 21.3. The standard InChI is InChI=1S/C27H57O7P/c1-4-7-10-13-16-19-22-29-25-32-35(28,33-26-30-23-20-17-14-11-8-5-2)34-27-31-24-21-18-15-12-9-6-3/h4-27H2,1-3H3. The highest BCUT2D eigenvalue weighted by Crippen LogP contribution is 2.49. The first-order valence-corrected chi connectivity index (χ1v) is 15.9. The van der Waals surface area contributed by atoms with Crippen LogP contribution in [-0.4, -0.2) is 40.2 Å². The lowest BCUT2D eigenvalue weighted by Crippen LogP contribution is -2.09. The van der Waals surface area contributed by atoms with Crippen LogP contribution in [0.4, 0.5) is 0 Å². The maximum atomic E-state index is 12.9. The van der Waals surface area contributed by atoms with Crippen LogP contribution in [0.1, 0.15) is 136 Å². The van der Waals surface area contributed by atoms with Crippen molar-refractivity contribution in [3.63, 3.8) is 0 Å². The largest absolute Gasteiger partial charge is 0.481 e. The molecule has 0 unspecified atom stereocenters. The lowest BCUT2D eigenvalue weighted by molar-refractivity contribution is -0.0713. The second-order valence-electron chi connectivity index (χ2n) is 9.22. The minimum Gasteiger partial charge on any atom is -0.355 e. The summed E-state index contributed by atoms with van der Waals surface area (Å²) in [7, 11) is -3.81. The molecule has 0 saturated carbocycles. The molecule has 0 aromatic rings. The topological polar surface area (TPSA) is 72.5 Å². The molecular weight excluding hydrogens is 467 g/mol. The minimum atomic E-state index is -3.81. The molecule has 0 radical (unpaired) electrons. The predicted octanol–water partition coefficient (Wildman–Crippen LogP) is 9.15. The normalized spacial score (nSPS) is 12.0. The Hall–Kier alpha value is -0.0100. The van der Waals surface area contributed by atoms with Crippen molar-refractivity contribution in [2.24, 2.45) is 0 Å². The fourth-order valence-electron chi connectivity index (χ4n) is 3.55. The Morgan fingerprint density at radius 1 is 0.400 bits per heavy atom. The first-order chi connectivity index (χ1) is 17.2. The third kappa shape index (κ3) is 26.9. The van der Waals surface area contributed by atoms with E-state index in [0.29, 0.717) is 19.8 Å². The van der Waals surface area contributed by atoms with E-state index in [4.69, 9.17) is 27.8 Å². The number of hydrogen-bond donors (Lipinski definition) is 0.